The number of cyclic esters (lactones) is 1. The molecule has 148 valence electrons. The number of piperazine rings is 1. The smallest absolute Gasteiger partial charge is 0.339 e. The fraction of sp³-hybridized carbons (Fsp3) is 0.333. The van der Waals surface area contributed by atoms with Gasteiger partial charge >= 0.3 is 5.97 Å². The van der Waals surface area contributed by atoms with Gasteiger partial charge in [-0.05, 0) is 23.8 Å². The number of carbonyl (C=O) groups is 2. The number of ether oxygens (including phenoxy) is 1. The molecule has 2 aromatic carbocycles. The average Bonchev–Trinajstić information content (AvgIpc) is 2.99. The summed E-state index contributed by atoms with van der Waals surface area (Å²) in [6, 6.07) is 13.6. The number of hydrogen-bond donors (Lipinski definition) is 2. The van der Waals surface area contributed by atoms with Gasteiger partial charge in [-0.15, -0.1) is 12.4 Å². The molecule has 2 N–H and O–H groups in total. The summed E-state index contributed by atoms with van der Waals surface area (Å²) >= 11 is 0. The molecular formula is C21H24ClN3O3. The largest absolute Gasteiger partial charge is 0.454 e. The lowest BCUT2D eigenvalue weighted by molar-refractivity contribution is -0.114. The Labute approximate surface area is 170 Å². The first-order chi connectivity index (χ1) is 13.1. The van der Waals surface area contributed by atoms with Crippen LogP contribution in [0.1, 0.15) is 34.5 Å². The standard InChI is InChI=1S/C21H23N3O3.ClH/c1-14(25)23-19-5-3-2-4-15(19)12-20-17-7-6-16(13-18(17)21(26)27-20)24-10-8-22-9-11-24;/h2-7,13,20,22H,8-12H2,1H3,(H,23,25);1H. The normalized spacial score (nSPS) is 18.1. The predicted molar refractivity (Wildman–Crippen MR) is 111 cm³/mol. The minimum atomic E-state index is -0.334. The number of para-hydroxylation sites is 1. The van der Waals surface area contributed by atoms with E-state index in [0.29, 0.717) is 12.0 Å². The van der Waals surface area contributed by atoms with Crippen LogP contribution < -0.4 is 15.5 Å². The fourth-order valence-electron chi connectivity index (χ4n) is 3.74. The zero-order valence-electron chi connectivity index (χ0n) is 15.7. The number of fused-ring (bicyclic) bond motifs is 1. The van der Waals surface area contributed by atoms with Gasteiger partial charge in [0.2, 0.25) is 5.91 Å². The van der Waals surface area contributed by atoms with Gasteiger partial charge in [0.05, 0.1) is 5.56 Å². The molecule has 2 heterocycles. The molecule has 1 fully saturated rings. The molecule has 2 aliphatic heterocycles. The number of benzene rings is 2. The molecule has 0 radical (unpaired) electrons. The van der Waals surface area contributed by atoms with E-state index in [-0.39, 0.29) is 30.4 Å². The third-order valence-corrected chi connectivity index (χ3v) is 5.07. The molecule has 6 nitrogen and oxygen atoms in total. The van der Waals surface area contributed by atoms with Gasteiger partial charge in [0.25, 0.3) is 0 Å². The van der Waals surface area contributed by atoms with E-state index in [2.05, 4.69) is 21.6 Å². The topological polar surface area (TPSA) is 70.7 Å². The molecule has 7 heteroatoms. The predicted octanol–water partition coefficient (Wildman–Crippen LogP) is 2.93. The fourth-order valence-corrected chi connectivity index (χ4v) is 3.74. The molecule has 1 saturated heterocycles. The highest BCUT2D eigenvalue weighted by Crippen LogP contribution is 2.36. The zero-order chi connectivity index (χ0) is 18.8. The molecule has 0 saturated carbocycles. The summed E-state index contributed by atoms with van der Waals surface area (Å²) < 4.78 is 5.66. The Hall–Kier alpha value is -2.57. The van der Waals surface area contributed by atoms with Crippen LogP contribution in [0.15, 0.2) is 42.5 Å². The van der Waals surface area contributed by atoms with Crippen LogP contribution in [0.25, 0.3) is 0 Å². The van der Waals surface area contributed by atoms with Gasteiger partial charge in [0, 0.05) is 56.5 Å². The minimum Gasteiger partial charge on any atom is -0.454 e. The monoisotopic (exact) mass is 401 g/mol. The summed E-state index contributed by atoms with van der Waals surface area (Å²) in [6.45, 7) is 5.25. The van der Waals surface area contributed by atoms with Crippen LogP contribution in [-0.4, -0.2) is 38.1 Å². The number of nitrogens with one attached hydrogen (secondary N) is 2. The lowest BCUT2D eigenvalue weighted by atomic mass is 9.97. The molecule has 4 rings (SSSR count). The first-order valence-corrected chi connectivity index (χ1v) is 9.28. The number of halogens is 1. The Morgan fingerprint density at radius 3 is 2.71 bits per heavy atom. The molecule has 28 heavy (non-hydrogen) atoms. The maximum absolute atomic E-state index is 12.4. The molecule has 0 spiro atoms. The first-order valence-electron chi connectivity index (χ1n) is 9.28. The number of carbonyl (C=O) groups excluding carboxylic acids is 2. The average molecular weight is 402 g/mol. The van der Waals surface area contributed by atoms with Crippen molar-refractivity contribution in [3.05, 3.63) is 59.2 Å². The summed E-state index contributed by atoms with van der Waals surface area (Å²) in [4.78, 5) is 26.2. The van der Waals surface area contributed by atoms with E-state index in [9.17, 15) is 9.59 Å². The first kappa shape index (κ1) is 20.2. The van der Waals surface area contributed by atoms with Gasteiger partial charge in [-0.1, -0.05) is 24.3 Å². The molecule has 0 aliphatic carbocycles. The van der Waals surface area contributed by atoms with E-state index in [4.69, 9.17) is 4.74 Å². The van der Waals surface area contributed by atoms with Crippen LogP contribution in [0, 0.1) is 0 Å². The van der Waals surface area contributed by atoms with E-state index in [1.165, 1.54) is 6.92 Å². The molecule has 2 aliphatic rings. The van der Waals surface area contributed by atoms with Gasteiger partial charge in [-0.3, -0.25) is 4.79 Å². The Bertz CT molecular complexity index is 881. The van der Waals surface area contributed by atoms with Crippen molar-refractivity contribution in [2.45, 2.75) is 19.4 Å². The van der Waals surface area contributed by atoms with Gasteiger partial charge < -0.3 is 20.3 Å². The molecule has 0 aromatic heterocycles. The second-order valence-corrected chi connectivity index (χ2v) is 6.95. The SMILES string of the molecule is CC(=O)Nc1ccccc1CC1OC(=O)c2cc(N3CCNCC3)ccc21.Cl. The highest BCUT2D eigenvalue weighted by atomic mass is 35.5. The minimum absolute atomic E-state index is 0. The van der Waals surface area contributed by atoms with E-state index in [0.717, 1.165) is 48.7 Å². The van der Waals surface area contributed by atoms with Gasteiger partial charge in [0.15, 0.2) is 0 Å². The summed E-state index contributed by atoms with van der Waals surface area (Å²) in [7, 11) is 0. The summed E-state index contributed by atoms with van der Waals surface area (Å²) in [5, 5.41) is 6.18. The van der Waals surface area contributed by atoms with Crippen LogP contribution >= 0.6 is 12.4 Å². The van der Waals surface area contributed by atoms with Crippen molar-refractivity contribution in [3.8, 4) is 0 Å². The Morgan fingerprint density at radius 1 is 1.21 bits per heavy atom. The molecule has 1 atom stereocenters. The maximum atomic E-state index is 12.4. The van der Waals surface area contributed by atoms with Crippen molar-refractivity contribution >= 4 is 35.7 Å². The number of esters is 1. The van der Waals surface area contributed by atoms with Gasteiger partial charge in [-0.2, -0.15) is 0 Å². The second-order valence-electron chi connectivity index (χ2n) is 6.95. The van der Waals surface area contributed by atoms with E-state index < -0.39 is 0 Å². The van der Waals surface area contributed by atoms with Crippen molar-refractivity contribution in [3.63, 3.8) is 0 Å². The van der Waals surface area contributed by atoms with E-state index >= 15 is 0 Å². The number of hydrogen-bond acceptors (Lipinski definition) is 5. The van der Waals surface area contributed by atoms with Crippen LogP contribution in [-0.2, 0) is 16.0 Å². The maximum Gasteiger partial charge on any atom is 0.339 e. The zero-order valence-corrected chi connectivity index (χ0v) is 16.6. The summed E-state index contributed by atoms with van der Waals surface area (Å²) in [5.41, 5.74) is 4.33. The van der Waals surface area contributed by atoms with Crippen LogP contribution in [0.5, 0.6) is 0 Å². The number of anilines is 2. The van der Waals surface area contributed by atoms with Crippen LogP contribution in [0.3, 0.4) is 0 Å². The molecule has 1 unspecified atom stereocenters. The molecule has 1 amide bonds. The highest BCUT2D eigenvalue weighted by Gasteiger charge is 2.32. The van der Waals surface area contributed by atoms with Crippen molar-refractivity contribution in [2.75, 3.05) is 36.4 Å². The third kappa shape index (κ3) is 4.13. The Morgan fingerprint density at radius 2 is 1.96 bits per heavy atom. The second kappa shape index (κ2) is 8.63. The third-order valence-electron chi connectivity index (χ3n) is 5.07. The number of amides is 1. The van der Waals surface area contributed by atoms with Crippen molar-refractivity contribution in [1.29, 1.82) is 0 Å². The lowest BCUT2D eigenvalue weighted by Crippen LogP contribution is -2.43. The van der Waals surface area contributed by atoms with Crippen molar-refractivity contribution < 1.29 is 14.3 Å². The van der Waals surface area contributed by atoms with Gasteiger partial charge in [0.1, 0.15) is 6.10 Å². The Kier molecular flexibility index (Phi) is 6.21. The van der Waals surface area contributed by atoms with Crippen molar-refractivity contribution in [1.82, 2.24) is 5.32 Å². The van der Waals surface area contributed by atoms with Crippen LogP contribution in [0.4, 0.5) is 11.4 Å². The van der Waals surface area contributed by atoms with Crippen LogP contribution in [0.2, 0.25) is 0 Å². The lowest BCUT2D eigenvalue weighted by Gasteiger charge is -2.29. The number of rotatable bonds is 4. The Balaban J connectivity index is 0.00000225. The van der Waals surface area contributed by atoms with E-state index in [1.54, 1.807) is 0 Å². The summed E-state index contributed by atoms with van der Waals surface area (Å²) in [5.74, 6) is -0.393. The number of nitrogens with zero attached hydrogens (tertiary/aromatic N) is 1. The molecule has 2 aromatic rings. The highest BCUT2D eigenvalue weighted by molar-refractivity contribution is 5.95. The van der Waals surface area contributed by atoms with Crippen molar-refractivity contribution in [2.24, 2.45) is 0 Å². The quantitative estimate of drug-likeness (QED) is 0.771. The van der Waals surface area contributed by atoms with E-state index in [1.807, 2.05) is 36.4 Å². The molecular weight excluding hydrogens is 378 g/mol. The summed E-state index contributed by atoms with van der Waals surface area (Å²) in [6.07, 6.45) is 0.196. The molecule has 0 bridgehead atoms. The van der Waals surface area contributed by atoms with Gasteiger partial charge in [-0.25, -0.2) is 4.79 Å².